The summed E-state index contributed by atoms with van der Waals surface area (Å²) >= 11 is 2.83. The number of amides is 2. The Kier molecular flexibility index (Phi) is 9.09. The molecule has 2 amide bonds. The van der Waals surface area contributed by atoms with Gasteiger partial charge in [-0.05, 0) is 64.9 Å². The van der Waals surface area contributed by atoms with E-state index in [1.807, 2.05) is 78.2 Å². The Morgan fingerprint density at radius 1 is 0.756 bits per heavy atom. The number of benzene rings is 5. The predicted molar refractivity (Wildman–Crippen MR) is 183 cm³/mol. The molecule has 0 fully saturated rings. The molecule has 2 N–H and O–H groups in total. The number of rotatable bonds is 10. The van der Waals surface area contributed by atoms with Gasteiger partial charge in [-0.25, -0.2) is 4.98 Å². The number of nitrogens with one attached hydrogen (secondary N) is 2. The van der Waals surface area contributed by atoms with Crippen molar-refractivity contribution in [3.8, 4) is 22.8 Å². The van der Waals surface area contributed by atoms with E-state index in [0.29, 0.717) is 27.9 Å². The lowest BCUT2D eigenvalue weighted by Crippen LogP contribution is -2.19. The number of anilines is 2. The van der Waals surface area contributed by atoms with Crippen molar-refractivity contribution in [2.45, 2.75) is 10.1 Å². The number of methoxy groups -OCH3 is 2. The predicted octanol–water partition coefficient (Wildman–Crippen LogP) is 8.70. The topological polar surface area (TPSA) is 89.5 Å². The Hall–Kier alpha value is -5.12. The normalized spacial score (nSPS) is 11.5. The highest BCUT2D eigenvalue weighted by atomic mass is 32.2. The molecule has 0 saturated carbocycles. The number of carbonyl (C=O) groups is 2. The number of fused-ring (bicyclic) bond motifs is 1. The van der Waals surface area contributed by atoms with Gasteiger partial charge in [0.1, 0.15) is 5.25 Å². The number of thiazole rings is 1. The number of carbonyl (C=O) groups excluding carboxylic acids is 2. The van der Waals surface area contributed by atoms with Gasteiger partial charge >= 0.3 is 0 Å². The number of hydrogen-bond donors (Lipinski definition) is 2. The quantitative estimate of drug-likeness (QED) is 0.147. The second kappa shape index (κ2) is 13.7. The number of nitrogens with zero attached hydrogens (tertiary/aromatic N) is 1. The lowest BCUT2D eigenvalue weighted by atomic mass is 10.1. The summed E-state index contributed by atoms with van der Waals surface area (Å²) < 4.78 is 10.6. The SMILES string of the molecule is COc1ccc(C(=O)Nc2ccc(SC(C(=O)Nc3nc(-c4ccc5ccccc5c4)cs3)c3ccccc3)cc2)cc1OC. The van der Waals surface area contributed by atoms with E-state index < -0.39 is 5.25 Å². The lowest BCUT2D eigenvalue weighted by Gasteiger charge is -2.16. The summed E-state index contributed by atoms with van der Waals surface area (Å²) in [4.78, 5) is 32.1. The zero-order valence-corrected chi connectivity index (χ0v) is 26.2. The molecule has 6 aromatic rings. The van der Waals surface area contributed by atoms with Crippen LogP contribution in [0.2, 0.25) is 0 Å². The summed E-state index contributed by atoms with van der Waals surface area (Å²) in [6.45, 7) is 0. The van der Waals surface area contributed by atoms with Gasteiger partial charge in [-0.3, -0.25) is 9.59 Å². The zero-order chi connectivity index (χ0) is 31.2. The number of aromatic nitrogens is 1. The number of ether oxygens (including phenoxy) is 2. The first kappa shape index (κ1) is 29.9. The van der Waals surface area contributed by atoms with Crippen molar-refractivity contribution in [3.05, 3.63) is 132 Å². The number of hydrogen-bond acceptors (Lipinski definition) is 7. The van der Waals surface area contributed by atoms with Crippen molar-refractivity contribution in [2.24, 2.45) is 0 Å². The molecule has 9 heteroatoms. The molecule has 6 rings (SSSR count). The molecule has 5 aromatic carbocycles. The second-order valence-corrected chi connectivity index (χ2v) is 12.1. The first-order valence-corrected chi connectivity index (χ1v) is 15.9. The molecule has 0 aliphatic rings. The van der Waals surface area contributed by atoms with Gasteiger partial charge in [-0.15, -0.1) is 23.1 Å². The standard InChI is InChI=1S/C36H29N3O4S2/c1-42-31-19-14-27(21-32(31)43-2)34(40)37-28-15-17-29(18-16-28)45-33(24-9-4-3-5-10-24)35(41)39-36-38-30(22-44-36)26-13-12-23-8-6-7-11-25(23)20-26/h3-22,33H,1-2H3,(H,37,40)(H,38,39,41). The van der Waals surface area contributed by atoms with Crippen LogP contribution >= 0.6 is 23.1 Å². The highest BCUT2D eigenvalue weighted by Crippen LogP contribution is 2.37. The summed E-state index contributed by atoms with van der Waals surface area (Å²) in [5, 5.41) is 10.2. The fraction of sp³-hybridized carbons (Fsp3) is 0.0833. The van der Waals surface area contributed by atoms with Gasteiger partial charge in [0.15, 0.2) is 16.6 Å². The van der Waals surface area contributed by atoms with E-state index in [2.05, 4.69) is 34.9 Å². The van der Waals surface area contributed by atoms with Gasteiger partial charge in [-0.1, -0.05) is 66.7 Å². The van der Waals surface area contributed by atoms with Gasteiger partial charge in [0.25, 0.3) is 5.91 Å². The average molecular weight is 632 g/mol. The molecule has 1 heterocycles. The molecule has 0 aliphatic carbocycles. The monoisotopic (exact) mass is 631 g/mol. The first-order chi connectivity index (χ1) is 22.0. The van der Waals surface area contributed by atoms with Crippen LogP contribution in [0, 0.1) is 0 Å². The van der Waals surface area contributed by atoms with Gasteiger partial charge < -0.3 is 20.1 Å². The van der Waals surface area contributed by atoms with Gasteiger partial charge in [0, 0.05) is 27.1 Å². The molecule has 0 aliphatic heterocycles. The highest BCUT2D eigenvalue weighted by molar-refractivity contribution is 8.00. The molecule has 0 saturated heterocycles. The molecule has 224 valence electrons. The van der Waals surface area contributed by atoms with Crippen molar-refractivity contribution in [1.29, 1.82) is 0 Å². The minimum absolute atomic E-state index is 0.170. The van der Waals surface area contributed by atoms with Crippen molar-refractivity contribution in [1.82, 2.24) is 4.98 Å². The molecular formula is C36H29N3O4S2. The molecule has 0 radical (unpaired) electrons. The summed E-state index contributed by atoms with van der Waals surface area (Å²) in [6, 6.07) is 36.5. The molecular weight excluding hydrogens is 603 g/mol. The third-order valence-electron chi connectivity index (χ3n) is 7.13. The summed E-state index contributed by atoms with van der Waals surface area (Å²) in [5.74, 6) is 0.582. The number of thioether (sulfide) groups is 1. The maximum absolute atomic E-state index is 13.7. The summed E-state index contributed by atoms with van der Waals surface area (Å²) in [5.41, 5.74) is 3.76. The van der Waals surface area contributed by atoms with Gasteiger partial charge in [-0.2, -0.15) is 0 Å². The first-order valence-electron chi connectivity index (χ1n) is 14.1. The largest absolute Gasteiger partial charge is 0.493 e. The van der Waals surface area contributed by atoms with Crippen LogP contribution < -0.4 is 20.1 Å². The van der Waals surface area contributed by atoms with Crippen LogP contribution in [0.1, 0.15) is 21.2 Å². The molecule has 0 bridgehead atoms. The van der Waals surface area contributed by atoms with E-state index in [4.69, 9.17) is 14.5 Å². The molecule has 7 nitrogen and oxygen atoms in total. The van der Waals surface area contributed by atoms with Crippen LogP contribution in [0.15, 0.2) is 126 Å². The zero-order valence-electron chi connectivity index (χ0n) is 24.5. The van der Waals surface area contributed by atoms with Crippen LogP contribution in [0.3, 0.4) is 0 Å². The summed E-state index contributed by atoms with van der Waals surface area (Å²) in [7, 11) is 3.07. The Morgan fingerprint density at radius 2 is 1.49 bits per heavy atom. The van der Waals surface area contributed by atoms with Gasteiger partial charge in [0.2, 0.25) is 5.91 Å². The minimum atomic E-state index is -0.522. The lowest BCUT2D eigenvalue weighted by molar-refractivity contribution is -0.115. The van der Waals surface area contributed by atoms with Crippen molar-refractivity contribution in [2.75, 3.05) is 24.9 Å². The minimum Gasteiger partial charge on any atom is -0.493 e. The second-order valence-electron chi connectivity index (χ2n) is 10.0. The molecule has 0 spiro atoms. The van der Waals surface area contributed by atoms with E-state index in [9.17, 15) is 9.59 Å². The Morgan fingerprint density at radius 3 is 2.24 bits per heavy atom. The van der Waals surface area contributed by atoms with Crippen molar-refractivity contribution >= 4 is 56.5 Å². The maximum Gasteiger partial charge on any atom is 0.255 e. The van der Waals surface area contributed by atoms with Gasteiger partial charge in [0.05, 0.1) is 19.9 Å². The van der Waals surface area contributed by atoms with E-state index in [-0.39, 0.29) is 11.8 Å². The average Bonchev–Trinajstić information content (AvgIpc) is 3.56. The highest BCUT2D eigenvalue weighted by Gasteiger charge is 2.23. The fourth-order valence-corrected chi connectivity index (χ4v) is 6.56. The van der Waals surface area contributed by atoms with Crippen LogP contribution in [-0.2, 0) is 4.79 Å². The van der Waals surface area contributed by atoms with Crippen LogP contribution in [0.5, 0.6) is 11.5 Å². The summed E-state index contributed by atoms with van der Waals surface area (Å²) in [6.07, 6.45) is 0. The van der Waals surface area contributed by atoms with Crippen molar-refractivity contribution < 1.29 is 19.1 Å². The molecule has 1 aromatic heterocycles. The fourth-order valence-electron chi connectivity index (χ4n) is 4.82. The molecule has 1 atom stereocenters. The van der Waals surface area contributed by atoms with E-state index in [1.54, 1.807) is 25.3 Å². The van der Waals surface area contributed by atoms with Crippen LogP contribution in [-0.4, -0.2) is 31.0 Å². The molecule has 45 heavy (non-hydrogen) atoms. The van der Waals surface area contributed by atoms with Crippen LogP contribution in [0.25, 0.3) is 22.0 Å². The molecule has 1 unspecified atom stereocenters. The Labute approximate surface area is 269 Å². The Balaban J connectivity index is 1.15. The maximum atomic E-state index is 13.7. The van der Waals surface area contributed by atoms with E-state index >= 15 is 0 Å². The van der Waals surface area contributed by atoms with Crippen molar-refractivity contribution in [3.63, 3.8) is 0 Å². The van der Waals surface area contributed by atoms with Crippen LogP contribution in [0.4, 0.5) is 10.8 Å². The third-order valence-corrected chi connectivity index (χ3v) is 9.16. The third kappa shape index (κ3) is 7.01. The van der Waals surface area contributed by atoms with E-state index in [1.165, 1.54) is 35.6 Å². The van der Waals surface area contributed by atoms with E-state index in [0.717, 1.165) is 27.1 Å². The Bertz CT molecular complexity index is 1960. The smallest absolute Gasteiger partial charge is 0.255 e.